The van der Waals surface area contributed by atoms with Crippen LogP contribution in [0.3, 0.4) is 0 Å². The lowest BCUT2D eigenvalue weighted by Crippen LogP contribution is -2.61. The Kier molecular flexibility index (Phi) is 9.22. The number of carbonyl (C=O) groups excluding carboxylic acids is 2. The molecule has 2 aromatic carbocycles. The molecule has 5 rings (SSSR count). The van der Waals surface area contributed by atoms with Crippen LogP contribution in [0.5, 0.6) is 5.75 Å². The van der Waals surface area contributed by atoms with E-state index in [2.05, 4.69) is 20.2 Å². The second-order valence-electron chi connectivity index (χ2n) is 10.0. The Balaban J connectivity index is 1.49. The van der Waals surface area contributed by atoms with E-state index < -0.39 is 11.5 Å². The molecule has 3 N–H and O–H groups in total. The third-order valence-electron chi connectivity index (χ3n) is 7.42. The minimum atomic E-state index is -0.738. The Labute approximate surface area is 254 Å². The average Bonchev–Trinajstić information content (AvgIpc) is 3.40. The van der Waals surface area contributed by atoms with Gasteiger partial charge in [0.1, 0.15) is 30.0 Å². The minimum Gasteiger partial charge on any atom is -0.490 e. The van der Waals surface area contributed by atoms with E-state index in [0.29, 0.717) is 72.7 Å². The van der Waals surface area contributed by atoms with E-state index in [0.717, 1.165) is 11.3 Å². The number of halogens is 1. The number of likely N-dealkylation sites (N-methyl/N-ethyl adjacent to an activating group) is 1. The summed E-state index contributed by atoms with van der Waals surface area (Å²) in [4.78, 5) is 40.2. The summed E-state index contributed by atoms with van der Waals surface area (Å²) in [7, 11) is 0. The zero-order chi connectivity index (χ0) is 30.4. The zero-order valence-corrected chi connectivity index (χ0v) is 24.9. The molecule has 2 aromatic heterocycles. The van der Waals surface area contributed by atoms with Gasteiger partial charge in [-0.1, -0.05) is 30.7 Å². The van der Waals surface area contributed by atoms with Crippen molar-refractivity contribution in [2.75, 3.05) is 37.7 Å². The average molecular weight is 604 g/mol. The summed E-state index contributed by atoms with van der Waals surface area (Å²) in [6, 6.07) is 15.0. The lowest BCUT2D eigenvalue weighted by atomic mass is 9.86. The third-order valence-corrected chi connectivity index (χ3v) is 7.75. The smallest absolute Gasteiger partial charge is 0.330 e. The van der Waals surface area contributed by atoms with Crippen LogP contribution in [0.2, 0.25) is 5.02 Å². The van der Waals surface area contributed by atoms with E-state index in [1.807, 2.05) is 60.0 Å². The molecule has 1 saturated heterocycles. The standard InChI is InChI=1S/C31H34ClN7O4/c1-3-36-31(30(33)41)15-17-38(18-16-31)28-26-29(35-20-34-28)39(27(37-26)23-8-5-6-9-24(23)32)21-11-13-22(14-12-21)43-19-7-10-25(40)42-4-2/h5-14,20,36H,3-4,15-19H2,1-2H3,(H2,33,41)/b10-7-. The fraction of sp³-hybridized carbons (Fsp3) is 0.323. The number of rotatable bonds is 11. The van der Waals surface area contributed by atoms with Gasteiger partial charge in [0.15, 0.2) is 17.0 Å². The third kappa shape index (κ3) is 6.32. The number of esters is 1. The van der Waals surface area contributed by atoms with Crippen molar-refractivity contribution in [3.05, 3.63) is 72.0 Å². The number of nitrogens with one attached hydrogen (secondary N) is 1. The predicted octanol–water partition coefficient (Wildman–Crippen LogP) is 4.07. The molecule has 0 unspecified atom stereocenters. The Morgan fingerprint density at radius 2 is 1.84 bits per heavy atom. The second kappa shape index (κ2) is 13.2. The number of fused-ring (bicyclic) bond motifs is 1. The molecule has 224 valence electrons. The lowest BCUT2D eigenvalue weighted by Gasteiger charge is -2.40. The van der Waals surface area contributed by atoms with Gasteiger partial charge in [0.05, 0.1) is 11.6 Å². The number of hydrogen-bond donors (Lipinski definition) is 2. The van der Waals surface area contributed by atoms with Crippen LogP contribution >= 0.6 is 11.6 Å². The maximum atomic E-state index is 12.3. The van der Waals surface area contributed by atoms with Gasteiger partial charge in [0.2, 0.25) is 5.91 Å². The summed E-state index contributed by atoms with van der Waals surface area (Å²) in [5, 5.41) is 3.85. The highest BCUT2D eigenvalue weighted by molar-refractivity contribution is 6.33. The molecule has 0 spiro atoms. The number of nitrogens with two attached hydrogens (primary N) is 1. The summed E-state index contributed by atoms with van der Waals surface area (Å²) >= 11 is 6.65. The van der Waals surface area contributed by atoms with Crippen LogP contribution in [0, 0.1) is 0 Å². The van der Waals surface area contributed by atoms with Crippen LogP contribution in [-0.4, -0.2) is 69.8 Å². The van der Waals surface area contributed by atoms with Gasteiger partial charge in [0, 0.05) is 30.4 Å². The number of amides is 1. The van der Waals surface area contributed by atoms with Gasteiger partial charge in [-0.2, -0.15) is 0 Å². The predicted molar refractivity (Wildman–Crippen MR) is 165 cm³/mol. The molecule has 0 bridgehead atoms. The topological polar surface area (TPSA) is 137 Å². The molecule has 0 radical (unpaired) electrons. The van der Waals surface area contributed by atoms with Crippen LogP contribution in [-0.2, 0) is 14.3 Å². The van der Waals surface area contributed by atoms with Gasteiger partial charge >= 0.3 is 5.97 Å². The monoisotopic (exact) mass is 603 g/mol. The highest BCUT2D eigenvalue weighted by atomic mass is 35.5. The highest BCUT2D eigenvalue weighted by Gasteiger charge is 2.40. The molecule has 4 aromatic rings. The molecule has 0 atom stereocenters. The van der Waals surface area contributed by atoms with Crippen molar-refractivity contribution >= 4 is 40.5 Å². The van der Waals surface area contributed by atoms with Crippen molar-refractivity contribution in [2.45, 2.75) is 32.2 Å². The van der Waals surface area contributed by atoms with Gasteiger partial charge in [-0.05, 0) is 68.8 Å². The molecule has 1 aliphatic heterocycles. The number of imidazole rings is 1. The summed E-state index contributed by atoms with van der Waals surface area (Å²) in [5.74, 6) is 1.18. The van der Waals surface area contributed by atoms with Crippen molar-refractivity contribution in [1.82, 2.24) is 24.8 Å². The Bertz CT molecular complexity index is 1630. The van der Waals surface area contributed by atoms with Crippen LogP contribution < -0.4 is 20.7 Å². The SMILES string of the molecule is CCNC1(C(N)=O)CCN(c2ncnc3c2nc(-c2ccccc2Cl)n3-c2ccc(OC/C=C\C(=O)OCC)cc2)CC1. The van der Waals surface area contributed by atoms with Gasteiger partial charge in [-0.15, -0.1) is 0 Å². The van der Waals surface area contributed by atoms with E-state index >= 15 is 0 Å². The first-order chi connectivity index (χ1) is 20.9. The number of nitrogens with zero attached hydrogens (tertiary/aromatic N) is 5. The Morgan fingerprint density at radius 3 is 2.51 bits per heavy atom. The number of piperidine rings is 1. The van der Waals surface area contributed by atoms with Crippen molar-refractivity contribution in [3.8, 4) is 22.8 Å². The van der Waals surface area contributed by atoms with Crippen LogP contribution in [0.4, 0.5) is 5.82 Å². The molecule has 0 saturated carbocycles. The van der Waals surface area contributed by atoms with E-state index in [1.165, 1.54) is 12.4 Å². The maximum Gasteiger partial charge on any atom is 0.330 e. The number of aromatic nitrogens is 4. The van der Waals surface area contributed by atoms with E-state index in [4.69, 9.17) is 31.8 Å². The van der Waals surface area contributed by atoms with Crippen LogP contribution in [0.25, 0.3) is 28.2 Å². The van der Waals surface area contributed by atoms with E-state index in [9.17, 15) is 9.59 Å². The molecule has 43 heavy (non-hydrogen) atoms. The Morgan fingerprint density at radius 1 is 1.09 bits per heavy atom. The van der Waals surface area contributed by atoms with Gasteiger partial charge in [-0.25, -0.2) is 19.7 Å². The molecule has 3 heterocycles. The summed E-state index contributed by atoms with van der Waals surface area (Å²) in [6.45, 7) is 6.07. The minimum absolute atomic E-state index is 0.217. The molecule has 1 fully saturated rings. The van der Waals surface area contributed by atoms with Crippen molar-refractivity contribution < 1.29 is 19.1 Å². The lowest BCUT2D eigenvalue weighted by molar-refractivity contribution is -0.137. The molecule has 1 amide bonds. The first kappa shape index (κ1) is 30.0. The molecular formula is C31H34ClN7O4. The quantitative estimate of drug-likeness (QED) is 0.192. The summed E-state index contributed by atoms with van der Waals surface area (Å²) in [6.07, 6.45) is 5.58. The van der Waals surface area contributed by atoms with Crippen LogP contribution in [0.1, 0.15) is 26.7 Å². The van der Waals surface area contributed by atoms with E-state index in [1.54, 1.807) is 13.0 Å². The van der Waals surface area contributed by atoms with Gasteiger partial charge in [0.25, 0.3) is 0 Å². The van der Waals surface area contributed by atoms with Crippen molar-refractivity contribution in [3.63, 3.8) is 0 Å². The Hall–Kier alpha value is -4.48. The maximum absolute atomic E-state index is 12.3. The number of ether oxygens (including phenoxy) is 2. The van der Waals surface area contributed by atoms with Crippen LogP contribution in [0.15, 0.2) is 67.0 Å². The number of carbonyl (C=O) groups is 2. The van der Waals surface area contributed by atoms with Gasteiger partial charge < -0.3 is 25.4 Å². The first-order valence-electron chi connectivity index (χ1n) is 14.2. The fourth-order valence-electron chi connectivity index (χ4n) is 5.30. The molecule has 1 aliphatic rings. The molecule has 0 aliphatic carbocycles. The number of anilines is 1. The van der Waals surface area contributed by atoms with E-state index in [-0.39, 0.29) is 12.5 Å². The highest BCUT2D eigenvalue weighted by Crippen LogP contribution is 2.36. The second-order valence-corrected chi connectivity index (χ2v) is 10.5. The molecule has 11 nitrogen and oxygen atoms in total. The van der Waals surface area contributed by atoms with Crippen molar-refractivity contribution in [1.29, 1.82) is 0 Å². The summed E-state index contributed by atoms with van der Waals surface area (Å²) < 4.78 is 12.6. The molecule has 12 heteroatoms. The zero-order valence-electron chi connectivity index (χ0n) is 24.1. The molecular weight excluding hydrogens is 570 g/mol. The number of benzene rings is 2. The largest absolute Gasteiger partial charge is 0.490 e. The first-order valence-corrected chi connectivity index (χ1v) is 14.6. The summed E-state index contributed by atoms with van der Waals surface area (Å²) in [5.41, 5.74) is 7.84. The number of hydrogen-bond acceptors (Lipinski definition) is 9. The fourth-order valence-corrected chi connectivity index (χ4v) is 5.52. The normalized spacial score (nSPS) is 14.7. The number of primary amides is 1. The van der Waals surface area contributed by atoms with Crippen molar-refractivity contribution in [2.24, 2.45) is 5.73 Å². The van der Waals surface area contributed by atoms with Gasteiger partial charge in [-0.3, -0.25) is 9.36 Å².